The molecule has 0 aliphatic rings. The van der Waals surface area contributed by atoms with Gasteiger partial charge in [-0.05, 0) is 18.6 Å². The van der Waals surface area contributed by atoms with Gasteiger partial charge in [0.15, 0.2) is 4.98 Å². The lowest BCUT2D eigenvalue weighted by Gasteiger charge is -1.95. The third-order valence-electron chi connectivity index (χ3n) is 1.44. The van der Waals surface area contributed by atoms with Crippen LogP contribution >= 0.6 is 0 Å². The Morgan fingerprint density at radius 3 is 2.73 bits per heavy atom. The predicted molar refractivity (Wildman–Crippen MR) is 42.5 cm³/mol. The van der Waals surface area contributed by atoms with Gasteiger partial charge < -0.3 is 4.74 Å². The molecule has 0 saturated heterocycles. The zero-order chi connectivity index (χ0) is 8.27. The predicted octanol–water partition coefficient (Wildman–Crippen LogP) is 2.49. The molecule has 0 heterocycles. The summed E-state index contributed by atoms with van der Waals surface area (Å²) in [5, 5.41) is 8.49. The molecule has 0 atom stereocenters. The van der Waals surface area contributed by atoms with Crippen molar-refractivity contribution in [1.29, 1.82) is 5.39 Å². The Morgan fingerprint density at radius 1 is 1.45 bits per heavy atom. The Kier molecular flexibility index (Phi) is 2.07. The summed E-state index contributed by atoms with van der Waals surface area (Å²) in [4.78, 5) is 3.06. The first-order chi connectivity index (χ1) is 5.27. The number of diazo groups is 1. The van der Waals surface area contributed by atoms with Gasteiger partial charge in [-0.25, -0.2) is 0 Å². The molecule has 0 aliphatic carbocycles. The summed E-state index contributed by atoms with van der Waals surface area (Å²) < 4.78 is 4.96. The highest BCUT2D eigenvalue weighted by molar-refractivity contribution is 5.57. The van der Waals surface area contributed by atoms with Gasteiger partial charge in [0.25, 0.3) is 0 Å². The fourth-order valence-corrected chi connectivity index (χ4v) is 0.867. The monoisotopic (exact) mass is 149 g/mol. The van der Waals surface area contributed by atoms with Crippen molar-refractivity contribution in [3.05, 3.63) is 28.7 Å². The van der Waals surface area contributed by atoms with Crippen molar-refractivity contribution >= 4 is 5.69 Å². The first-order valence-electron chi connectivity index (χ1n) is 3.27. The smallest absolute Gasteiger partial charge is 0.426 e. The molecule has 1 aromatic rings. The molecule has 0 bridgehead atoms. The Morgan fingerprint density at radius 2 is 2.18 bits per heavy atom. The molecule has 0 radical (unpaired) electrons. The second-order valence-corrected chi connectivity index (χ2v) is 2.28. The number of methoxy groups -OCH3 is 1. The molecule has 0 fully saturated rings. The van der Waals surface area contributed by atoms with E-state index in [0.717, 1.165) is 5.56 Å². The molecule has 56 valence electrons. The molecule has 0 saturated carbocycles. The Labute approximate surface area is 65.2 Å². The topological polar surface area (TPSA) is 37.4 Å². The molecule has 0 unspecified atom stereocenters. The molecule has 0 spiro atoms. The van der Waals surface area contributed by atoms with Gasteiger partial charge in [0.05, 0.1) is 7.11 Å². The lowest BCUT2D eigenvalue weighted by Crippen LogP contribution is -1.82. The average Bonchev–Trinajstić information content (AvgIpc) is 2.04. The molecular formula is C8H9N2O+. The van der Waals surface area contributed by atoms with Crippen LogP contribution in [0.15, 0.2) is 18.2 Å². The van der Waals surface area contributed by atoms with Gasteiger partial charge in [-0.2, -0.15) is 0 Å². The minimum absolute atomic E-state index is 0.457. The summed E-state index contributed by atoms with van der Waals surface area (Å²) in [5.41, 5.74) is 1.53. The van der Waals surface area contributed by atoms with Gasteiger partial charge >= 0.3 is 5.69 Å². The van der Waals surface area contributed by atoms with Crippen LogP contribution in [-0.4, -0.2) is 7.11 Å². The van der Waals surface area contributed by atoms with Gasteiger partial charge in [-0.3, -0.25) is 0 Å². The third kappa shape index (κ3) is 1.47. The first kappa shape index (κ1) is 7.55. The van der Waals surface area contributed by atoms with Crippen LogP contribution < -0.4 is 4.74 Å². The van der Waals surface area contributed by atoms with Crippen LogP contribution in [0.4, 0.5) is 5.69 Å². The maximum atomic E-state index is 8.49. The highest BCUT2D eigenvalue weighted by Gasteiger charge is 2.12. The fraction of sp³-hybridized carbons (Fsp3) is 0.250. The molecular weight excluding hydrogens is 140 g/mol. The van der Waals surface area contributed by atoms with Crippen molar-refractivity contribution in [2.24, 2.45) is 0 Å². The maximum Gasteiger partial charge on any atom is 0.426 e. The standard InChI is InChI=1S/C8H9N2O/c1-6-3-4-7(10-9)8(5-6)11-2/h3-5H,1-2H3/q+1. The average molecular weight is 149 g/mol. The minimum atomic E-state index is 0.457. The van der Waals surface area contributed by atoms with Crippen LogP contribution in [0.5, 0.6) is 5.75 Å². The van der Waals surface area contributed by atoms with Crippen LogP contribution in [-0.2, 0) is 0 Å². The second-order valence-electron chi connectivity index (χ2n) is 2.28. The molecule has 3 nitrogen and oxygen atoms in total. The van der Waals surface area contributed by atoms with E-state index in [-0.39, 0.29) is 0 Å². The normalized spacial score (nSPS) is 8.82. The number of hydrogen-bond acceptors (Lipinski definition) is 2. The highest BCUT2D eigenvalue weighted by Crippen LogP contribution is 2.27. The van der Waals surface area contributed by atoms with Crippen molar-refractivity contribution in [1.82, 2.24) is 0 Å². The van der Waals surface area contributed by atoms with Crippen molar-refractivity contribution in [3.8, 4) is 5.75 Å². The third-order valence-corrected chi connectivity index (χ3v) is 1.44. The van der Waals surface area contributed by atoms with E-state index in [1.807, 2.05) is 19.1 Å². The van der Waals surface area contributed by atoms with Gasteiger partial charge in [0.2, 0.25) is 11.1 Å². The van der Waals surface area contributed by atoms with E-state index in [1.165, 1.54) is 0 Å². The summed E-state index contributed by atoms with van der Waals surface area (Å²) >= 11 is 0. The van der Waals surface area contributed by atoms with Crippen molar-refractivity contribution in [2.75, 3.05) is 7.11 Å². The first-order valence-corrected chi connectivity index (χ1v) is 3.27. The number of hydrogen-bond donors (Lipinski definition) is 0. The van der Waals surface area contributed by atoms with E-state index in [0.29, 0.717) is 11.4 Å². The van der Waals surface area contributed by atoms with E-state index in [2.05, 4.69) is 4.98 Å². The van der Waals surface area contributed by atoms with Crippen LogP contribution in [0.1, 0.15) is 5.56 Å². The lowest BCUT2D eigenvalue weighted by atomic mass is 10.2. The van der Waals surface area contributed by atoms with E-state index in [4.69, 9.17) is 10.1 Å². The molecule has 1 rings (SSSR count). The number of nitrogens with zero attached hydrogens (tertiary/aromatic N) is 2. The number of aryl methyl sites for hydroxylation is 1. The summed E-state index contributed by atoms with van der Waals surface area (Å²) in [6.07, 6.45) is 0. The van der Waals surface area contributed by atoms with Crippen molar-refractivity contribution in [2.45, 2.75) is 6.92 Å². The number of ether oxygens (including phenoxy) is 1. The molecule has 3 heteroatoms. The molecule has 11 heavy (non-hydrogen) atoms. The maximum absolute atomic E-state index is 8.49. The Hall–Kier alpha value is -1.56. The van der Waals surface area contributed by atoms with Gasteiger partial charge in [0, 0.05) is 6.07 Å². The van der Waals surface area contributed by atoms with Gasteiger partial charge in [-0.1, -0.05) is 6.07 Å². The molecule has 0 aliphatic heterocycles. The van der Waals surface area contributed by atoms with E-state index < -0.39 is 0 Å². The zero-order valence-corrected chi connectivity index (χ0v) is 6.53. The highest BCUT2D eigenvalue weighted by atomic mass is 16.5. The Bertz CT molecular complexity index is 301. The summed E-state index contributed by atoms with van der Waals surface area (Å²) in [6, 6.07) is 5.38. The van der Waals surface area contributed by atoms with Crippen LogP contribution in [0.25, 0.3) is 4.98 Å². The summed E-state index contributed by atoms with van der Waals surface area (Å²) in [7, 11) is 1.55. The second kappa shape index (κ2) is 3.02. The number of rotatable bonds is 1. The fourth-order valence-electron chi connectivity index (χ4n) is 0.867. The molecule has 1 aromatic carbocycles. The van der Waals surface area contributed by atoms with Crippen molar-refractivity contribution in [3.63, 3.8) is 0 Å². The van der Waals surface area contributed by atoms with Gasteiger partial charge in [-0.15, -0.1) is 0 Å². The van der Waals surface area contributed by atoms with Crippen LogP contribution in [0.2, 0.25) is 0 Å². The largest absolute Gasteiger partial charge is 0.489 e. The SMILES string of the molecule is COc1cc(C)ccc1[N+]#N. The summed E-state index contributed by atoms with van der Waals surface area (Å²) in [5.74, 6) is 0.590. The van der Waals surface area contributed by atoms with E-state index in [9.17, 15) is 0 Å². The molecule has 0 amide bonds. The zero-order valence-electron chi connectivity index (χ0n) is 6.53. The van der Waals surface area contributed by atoms with E-state index >= 15 is 0 Å². The van der Waals surface area contributed by atoms with Crippen LogP contribution in [0.3, 0.4) is 0 Å². The minimum Gasteiger partial charge on any atom is -0.489 e. The Balaban J connectivity index is 3.19. The van der Waals surface area contributed by atoms with Crippen molar-refractivity contribution < 1.29 is 4.74 Å². The lowest BCUT2D eigenvalue weighted by molar-refractivity contribution is 0.417. The molecule has 0 aromatic heterocycles. The van der Waals surface area contributed by atoms with Gasteiger partial charge in [0.1, 0.15) is 0 Å². The van der Waals surface area contributed by atoms with E-state index in [1.54, 1.807) is 13.2 Å². The van der Waals surface area contributed by atoms with Crippen LogP contribution in [0, 0.1) is 12.3 Å². The molecule has 0 N–H and O–H groups in total. The quantitative estimate of drug-likeness (QED) is 0.575. The summed E-state index contributed by atoms with van der Waals surface area (Å²) in [6.45, 7) is 1.95. The number of benzene rings is 1.